The van der Waals surface area contributed by atoms with Crippen LogP contribution in [0.2, 0.25) is 0 Å². The van der Waals surface area contributed by atoms with Crippen LogP contribution in [0, 0.1) is 0 Å². The van der Waals surface area contributed by atoms with Crippen molar-refractivity contribution in [1.29, 1.82) is 0 Å². The number of hydrogen-bond donors (Lipinski definition) is 1. The van der Waals surface area contributed by atoms with Crippen LogP contribution >= 0.6 is 15.9 Å². The fourth-order valence-electron chi connectivity index (χ4n) is 1.79. The van der Waals surface area contributed by atoms with Gasteiger partial charge >= 0.3 is 6.18 Å². The molecule has 0 spiro atoms. The van der Waals surface area contributed by atoms with E-state index in [2.05, 4.69) is 21.2 Å². The minimum Gasteiger partial charge on any atom is -0.382 e. The third kappa shape index (κ3) is 4.93. The molecule has 0 aromatic heterocycles. The lowest BCUT2D eigenvalue weighted by Crippen LogP contribution is -2.06. The Labute approximate surface area is 129 Å². The summed E-state index contributed by atoms with van der Waals surface area (Å²) in [5.74, 6) is 0. The first-order chi connectivity index (χ1) is 9.95. The molecule has 0 saturated carbocycles. The Morgan fingerprint density at radius 2 is 1.76 bits per heavy atom. The van der Waals surface area contributed by atoms with Crippen LogP contribution in [0.5, 0.6) is 0 Å². The van der Waals surface area contributed by atoms with E-state index in [9.17, 15) is 13.2 Å². The average molecular weight is 356 g/mol. The van der Waals surface area contributed by atoms with Crippen LogP contribution in [0.15, 0.2) is 59.1 Å². The largest absolute Gasteiger partial charge is 0.416 e. The smallest absolute Gasteiger partial charge is 0.382 e. The van der Waals surface area contributed by atoms with E-state index in [1.54, 1.807) is 6.07 Å². The van der Waals surface area contributed by atoms with Gasteiger partial charge in [-0.15, -0.1) is 0 Å². The minimum absolute atomic E-state index is 0.395. The molecule has 0 unspecified atom stereocenters. The van der Waals surface area contributed by atoms with Crippen molar-refractivity contribution in [2.24, 2.45) is 0 Å². The summed E-state index contributed by atoms with van der Waals surface area (Å²) < 4.78 is 38.5. The fourth-order valence-corrected chi connectivity index (χ4v) is 2.28. The standard InChI is InChI=1S/C16H13BrF3N/c17-14-9-13(16(18,19)20)10-15(11-14)21-8-4-7-12-5-2-1-3-6-12/h1-7,9-11,21H,8H2. The molecule has 2 aromatic carbocycles. The maximum atomic E-state index is 12.7. The van der Waals surface area contributed by atoms with Crippen molar-refractivity contribution < 1.29 is 13.2 Å². The molecular formula is C16H13BrF3N. The predicted octanol–water partition coefficient (Wildman–Crippen LogP) is 5.59. The molecule has 21 heavy (non-hydrogen) atoms. The van der Waals surface area contributed by atoms with Crippen molar-refractivity contribution >= 4 is 27.7 Å². The summed E-state index contributed by atoms with van der Waals surface area (Å²) in [6, 6.07) is 13.5. The van der Waals surface area contributed by atoms with Gasteiger partial charge in [0.25, 0.3) is 0 Å². The zero-order chi connectivity index (χ0) is 15.3. The number of rotatable bonds is 4. The van der Waals surface area contributed by atoms with E-state index < -0.39 is 11.7 Å². The zero-order valence-electron chi connectivity index (χ0n) is 11.0. The second-order valence-corrected chi connectivity index (χ2v) is 5.34. The number of anilines is 1. The van der Waals surface area contributed by atoms with Crippen molar-refractivity contribution in [1.82, 2.24) is 0 Å². The van der Waals surface area contributed by atoms with Crippen LogP contribution < -0.4 is 5.32 Å². The number of alkyl halides is 3. The minimum atomic E-state index is -4.35. The molecule has 2 rings (SSSR count). The summed E-state index contributed by atoms with van der Waals surface area (Å²) in [6.07, 6.45) is -0.570. The maximum Gasteiger partial charge on any atom is 0.416 e. The van der Waals surface area contributed by atoms with Crippen LogP contribution in [0.3, 0.4) is 0 Å². The normalized spacial score (nSPS) is 11.8. The Morgan fingerprint density at radius 3 is 2.43 bits per heavy atom. The third-order valence-corrected chi connectivity index (χ3v) is 3.22. The van der Waals surface area contributed by atoms with Crippen molar-refractivity contribution in [2.45, 2.75) is 6.18 Å². The molecule has 0 bridgehead atoms. The molecule has 0 atom stereocenters. The highest BCUT2D eigenvalue weighted by Gasteiger charge is 2.30. The van der Waals surface area contributed by atoms with Gasteiger partial charge in [0.1, 0.15) is 0 Å². The van der Waals surface area contributed by atoms with Crippen LogP contribution in [-0.2, 0) is 6.18 Å². The highest BCUT2D eigenvalue weighted by molar-refractivity contribution is 9.10. The number of benzene rings is 2. The molecule has 0 aliphatic carbocycles. The van der Waals surface area contributed by atoms with E-state index >= 15 is 0 Å². The first-order valence-electron chi connectivity index (χ1n) is 6.28. The van der Waals surface area contributed by atoms with Gasteiger partial charge in [-0.3, -0.25) is 0 Å². The fraction of sp³-hybridized carbons (Fsp3) is 0.125. The SMILES string of the molecule is FC(F)(F)c1cc(Br)cc(NCC=Cc2ccccc2)c1. The van der Waals surface area contributed by atoms with Crippen molar-refractivity contribution in [2.75, 3.05) is 11.9 Å². The molecule has 1 N–H and O–H groups in total. The lowest BCUT2D eigenvalue weighted by molar-refractivity contribution is -0.137. The summed E-state index contributed by atoms with van der Waals surface area (Å²) in [5, 5.41) is 2.95. The third-order valence-electron chi connectivity index (χ3n) is 2.76. The summed E-state index contributed by atoms with van der Waals surface area (Å²) in [6.45, 7) is 0.447. The summed E-state index contributed by atoms with van der Waals surface area (Å²) >= 11 is 3.09. The Hall–Kier alpha value is -1.75. The quantitative estimate of drug-likeness (QED) is 0.753. The molecule has 2 aromatic rings. The zero-order valence-corrected chi connectivity index (χ0v) is 12.6. The van der Waals surface area contributed by atoms with Gasteiger partial charge in [0.05, 0.1) is 5.56 Å². The summed E-state index contributed by atoms with van der Waals surface area (Å²) in [5.41, 5.74) is 0.797. The van der Waals surface area contributed by atoms with Crippen LogP contribution in [0.25, 0.3) is 6.08 Å². The molecule has 1 nitrogen and oxygen atoms in total. The van der Waals surface area contributed by atoms with E-state index in [4.69, 9.17) is 0 Å². The molecule has 0 saturated heterocycles. The summed E-state index contributed by atoms with van der Waals surface area (Å²) in [7, 11) is 0. The lowest BCUT2D eigenvalue weighted by atomic mass is 10.2. The highest BCUT2D eigenvalue weighted by atomic mass is 79.9. The van der Waals surface area contributed by atoms with E-state index in [1.165, 1.54) is 0 Å². The van der Waals surface area contributed by atoms with Crippen molar-refractivity contribution in [3.63, 3.8) is 0 Å². The van der Waals surface area contributed by atoms with Gasteiger partial charge in [-0.05, 0) is 23.8 Å². The molecular weight excluding hydrogens is 343 g/mol. The lowest BCUT2D eigenvalue weighted by Gasteiger charge is -2.10. The van der Waals surface area contributed by atoms with Gasteiger partial charge in [0, 0.05) is 16.7 Å². The molecule has 0 amide bonds. The first-order valence-corrected chi connectivity index (χ1v) is 7.08. The Morgan fingerprint density at radius 1 is 1.05 bits per heavy atom. The van der Waals surface area contributed by atoms with E-state index in [0.717, 1.165) is 17.7 Å². The molecule has 110 valence electrons. The van der Waals surface area contributed by atoms with Crippen LogP contribution in [0.1, 0.15) is 11.1 Å². The van der Waals surface area contributed by atoms with Gasteiger partial charge in [-0.2, -0.15) is 13.2 Å². The maximum absolute atomic E-state index is 12.7. The first kappa shape index (κ1) is 15.6. The molecule has 0 fully saturated rings. The van der Waals surface area contributed by atoms with Gasteiger partial charge in [0.2, 0.25) is 0 Å². The highest BCUT2D eigenvalue weighted by Crippen LogP contribution is 2.33. The van der Waals surface area contributed by atoms with Crippen LogP contribution in [-0.4, -0.2) is 6.54 Å². The Balaban J connectivity index is 2.00. The van der Waals surface area contributed by atoms with E-state index in [1.807, 2.05) is 42.5 Å². The topological polar surface area (TPSA) is 12.0 Å². The monoisotopic (exact) mass is 355 g/mol. The van der Waals surface area contributed by atoms with Crippen LogP contribution in [0.4, 0.5) is 18.9 Å². The molecule has 0 heterocycles. The van der Waals surface area contributed by atoms with Crippen molar-refractivity contribution in [3.8, 4) is 0 Å². The molecule has 5 heteroatoms. The number of halogens is 4. The van der Waals surface area contributed by atoms with Gasteiger partial charge in [-0.1, -0.05) is 58.4 Å². The number of hydrogen-bond acceptors (Lipinski definition) is 1. The number of nitrogens with one attached hydrogen (secondary N) is 1. The second kappa shape index (κ2) is 6.80. The Kier molecular flexibility index (Phi) is 5.07. The Bertz CT molecular complexity index is 621. The predicted molar refractivity (Wildman–Crippen MR) is 83.1 cm³/mol. The van der Waals surface area contributed by atoms with Gasteiger partial charge < -0.3 is 5.32 Å². The van der Waals surface area contributed by atoms with Gasteiger partial charge in [-0.25, -0.2) is 0 Å². The second-order valence-electron chi connectivity index (χ2n) is 4.42. The summed E-state index contributed by atoms with van der Waals surface area (Å²) in [4.78, 5) is 0. The molecule has 0 radical (unpaired) electrons. The van der Waals surface area contributed by atoms with E-state index in [-0.39, 0.29) is 0 Å². The van der Waals surface area contributed by atoms with E-state index in [0.29, 0.717) is 16.7 Å². The van der Waals surface area contributed by atoms with Crippen molar-refractivity contribution in [3.05, 3.63) is 70.2 Å². The molecule has 0 aliphatic rings. The average Bonchev–Trinajstić information content (AvgIpc) is 2.43. The molecule has 0 aliphatic heterocycles. The van der Waals surface area contributed by atoms with Gasteiger partial charge in [0.15, 0.2) is 0 Å².